The fraction of sp³-hybridized carbons (Fsp3) is 0.368. The van der Waals surface area contributed by atoms with Crippen molar-refractivity contribution in [3.8, 4) is 5.75 Å². The Morgan fingerprint density at radius 1 is 0.905 bits per heavy atom. The van der Waals surface area contributed by atoms with E-state index in [-0.39, 0.29) is 0 Å². The van der Waals surface area contributed by atoms with Gasteiger partial charge in [0, 0.05) is 6.54 Å². The lowest BCUT2D eigenvalue weighted by Gasteiger charge is -2.17. The molecule has 2 rings (SSSR count). The molecule has 0 amide bonds. The van der Waals surface area contributed by atoms with Crippen LogP contribution in [0.15, 0.2) is 60.7 Å². The van der Waals surface area contributed by atoms with Crippen molar-refractivity contribution in [2.24, 2.45) is 0 Å². The zero-order chi connectivity index (χ0) is 14.8. The number of unbranched alkanes of at least 4 members (excludes halogenated alkanes) is 1. The molecule has 0 aromatic heterocycles. The van der Waals surface area contributed by atoms with E-state index < -0.39 is 0 Å². The number of para-hydroxylation sites is 1. The average Bonchev–Trinajstić information content (AvgIpc) is 2.55. The third kappa shape index (κ3) is 5.60. The van der Waals surface area contributed by atoms with Gasteiger partial charge in [0.05, 0.1) is 6.61 Å². The van der Waals surface area contributed by atoms with Crippen molar-refractivity contribution in [2.45, 2.75) is 25.2 Å². The molecule has 2 nitrogen and oxygen atoms in total. The van der Waals surface area contributed by atoms with Crippen molar-refractivity contribution in [3.05, 3.63) is 66.2 Å². The molecule has 2 aromatic rings. The molecule has 1 N–H and O–H groups in total. The van der Waals surface area contributed by atoms with E-state index in [1.807, 2.05) is 37.4 Å². The van der Waals surface area contributed by atoms with Gasteiger partial charge in [0.2, 0.25) is 0 Å². The summed E-state index contributed by atoms with van der Waals surface area (Å²) >= 11 is 0. The van der Waals surface area contributed by atoms with Crippen LogP contribution in [0.2, 0.25) is 0 Å². The number of likely N-dealkylation sites (N-methyl/N-ethyl adjacent to an activating group) is 1. The molecule has 0 saturated heterocycles. The first-order valence-corrected chi connectivity index (χ1v) is 7.77. The van der Waals surface area contributed by atoms with Crippen LogP contribution >= 0.6 is 0 Å². The summed E-state index contributed by atoms with van der Waals surface area (Å²) in [5, 5.41) is 3.30. The van der Waals surface area contributed by atoms with Gasteiger partial charge in [-0.15, -0.1) is 0 Å². The topological polar surface area (TPSA) is 21.3 Å². The molecule has 0 aliphatic heterocycles. The summed E-state index contributed by atoms with van der Waals surface area (Å²) in [5.41, 5.74) is 1.43. The molecule has 0 saturated carbocycles. The van der Waals surface area contributed by atoms with Gasteiger partial charge in [-0.25, -0.2) is 0 Å². The molecule has 0 fully saturated rings. The Hall–Kier alpha value is -1.80. The quantitative estimate of drug-likeness (QED) is 0.695. The second kappa shape index (κ2) is 9.19. The van der Waals surface area contributed by atoms with Gasteiger partial charge in [-0.1, -0.05) is 48.5 Å². The molecule has 2 heteroatoms. The zero-order valence-corrected chi connectivity index (χ0v) is 12.8. The minimum absolute atomic E-state index is 0.591. The lowest BCUT2D eigenvalue weighted by molar-refractivity contribution is 0.303. The largest absolute Gasteiger partial charge is 0.494 e. The van der Waals surface area contributed by atoms with E-state index in [1.165, 1.54) is 18.4 Å². The van der Waals surface area contributed by atoms with Gasteiger partial charge in [-0.3, -0.25) is 0 Å². The molecule has 1 atom stereocenters. The standard InChI is InChI=1S/C19H25NO/c1-20-16-18(17-10-4-2-5-11-17)12-8-9-15-21-19-13-6-3-7-14-19/h2-7,10-11,13-14,18,20H,8-9,12,15-16H2,1H3. The fourth-order valence-electron chi connectivity index (χ4n) is 2.56. The smallest absolute Gasteiger partial charge is 0.119 e. The Balaban J connectivity index is 1.70. The number of rotatable bonds is 9. The van der Waals surface area contributed by atoms with Crippen LogP contribution in [0.25, 0.3) is 0 Å². The Morgan fingerprint density at radius 2 is 1.57 bits per heavy atom. The minimum Gasteiger partial charge on any atom is -0.494 e. The van der Waals surface area contributed by atoms with E-state index >= 15 is 0 Å². The van der Waals surface area contributed by atoms with Gasteiger partial charge in [0.25, 0.3) is 0 Å². The molecular formula is C19H25NO. The maximum absolute atomic E-state index is 5.74. The normalized spacial score (nSPS) is 12.0. The predicted octanol–water partition coefficient (Wildman–Crippen LogP) is 4.24. The molecular weight excluding hydrogens is 258 g/mol. The van der Waals surface area contributed by atoms with E-state index in [2.05, 4.69) is 35.6 Å². The van der Waals surface area contributed by atoms with Crippen LogP contribution < -0.4 is 10.1 Å². The Labute approximate surface area is 128 Å². The first-order valence-electron chi connectivity index (χ1n) is 7.77. The van der Waals surface area contributed by atoms with Gasteiger partial charge < -0.3 is 10.1 Å². The number of ether oxygens (including phenoxy) is 1. The molecule has 0 aliphatic carbocycles. The Morgan fingerprint density at radius 3 is 2.24 bits per heavy atom. The van der Waals surface area contributed by atoms with Gasteiger partial charge >= 0.3 is 0 Å². The van der Waals surface area contributed by atoms with Crippen molar-refractivity contribution < 1.29 is 4.74 Å². The molecule has 2 aromatic carbocycles. The van der Waals surface area contributed by atoms with E-state index in [0.717, 1.165) is 25.3 Å². The highest BCUT2D eigenvalue weighted by atomic mass is 16.5. The van der Waals surface area contributed by atoms with E-state index in [4.69, 9.17) is 4.74 Å². The molecule has 0 bridgehead atoms. The highest BCUT2D eigenvalue weighted by Crippen LogP contribution is 2.21. The van der Waals surface area contributed by atoms with Gasteiger partial charge in [0.1, 0.15) is 5.75 Å². The SMILES string of the molecule is CNCC(CCCCOc1ccccc1)c1ccccc1. The Kier molecular flexibility index (Phi) is 6.82. The van der Waals surface area contributed by atoms with Crippen LogP contribution in [-0.2, 0) is 0 Å². The summed E-state index contributed by atoms with van der Waals surface area (Å²) in [5.74, 6) is 1.56. The van der Waals surface area contributed by atoms with Crippen LogP contribution in [0, 0.1) is 0 Å². The number of benzene rings is 2. The fourth-order valence-corrected chi connectivity index (χ4v) is 2.56. The van der Waals surface area contributed by atoms with Crippen LogP contribution in [0.5, 0.6) is 5.75 Å². The zero-order valence-electron chi connectivity index (χ0n) is 12.8. The Bertz CT molecular complexity index is 483. The van der Waals surface area contributed by atoms with Crippen LogP contribution in [0.1, 0.15) is 30.7 Å². The third-order valence-electron chi connectivity index (χ3n) is 3.68. The highest BCUT2D eigenvalue weighted by Gasteiger charge is 2.09. The van der Waals surface area contributed by atoms with Crippen molar-refractivity contribution >= 4 is 0 Å². The molecule has 0 aliphatic rings. The lowest BCUT2D eigenvalue weighted by atomic mass is 9.93. The molecule has 0 radical (unpaired) electrons. The molecule has 112 valence electrons. The molecule has 0 heterocycles. The molecule has 21 heavy (non-hydrogen) atoms. The maximum Gasteiger partial charge on any atom is 0.119 e. The number of hydrogen-bond acceptors (Lipinski definition) is 2. The summed E-state index contributed by atoms with van der Waals surface area (Å²) in [6, 6.07) is 20.8. The third-order valence-corrected chi connectivity index (χ3v) is 3.68. The lowest BCUT2D eigenvalue weighted by Crippen LogP contribution is -2.17. The minimum atomic E-state index is 0.591. The first-order chi connectivity index (χ1) is 10.4. The summed E-state index contributed by atoms with van der Waals surface area (Å²) < 4.78 is 5.74. The monoisotopic (exact) mass is 283 g/mol. The van der Waals surface area contributed by atoms with Crippen LogP contribution in [0.3, 0.4) is 0 Å². The summed E-state index contributed by atoms with van der Waals surface area (Å²) in [6.45, 7) is 1.83. The highest BCUT2D eigenvalue weighted by molar-refractivity contribution is 5.21. The average molecular weight is 283 g/mol. The number of hydrogen-bond donors (Lipinski definition) is 1. The van der Waals surface area contributed by atoms with E-state index in [1.54, 1.807) is 0 Å². The van der Waals surface area contributed by atoms with E-state index in [9.17, 15) is 0 Å². The van der Waals surface area contributed by atoms with Crippen LogP contribution in [0.4, 0.5) is 0 Å². The van der Waals surface area contributed by atoms with E-state index in [0.29, 0.717) is 5.92 Å². The second-order valence-electron chi connectivity index (χ2n) is 5.32. The predicted molar refractivity (Wildman–Crippen MR) is 88.9 cm³/mol. The summed E-state index contributed by atoms with van der Waals surface area (Å²) in [7, 11) is 2.02. The summed E-state index contributed by atoms with van der Waals surface area (Å²) in [4.78, 5) is 0. The van der Waals surface area contributed by atoms with Crippen molar-refractivity contribution in [2.75, 3.05) is 20.2 Å². The number of nitrogens with one attached hydrogen (secondary N) is 1. The van der Waals surface area contributed by atoms with Gasteiger partial charge in [-0.2, -0.15) is 0 Å². The van der Waals surface area contributed by atoms with Crippen molar-refractivity contribution in [3.63, 3.8) is 0 Å². The van der Waals surface area contributed by atoms with Gasteiger partial charge in [0.15, 0.2) is 0 Å². The summed E-state index contributed by atoms with van der Waals surface area (Å²) in [6.07, 6.45) is 3.49. The van der Waals surface area contributed by atoms with Crippen molar-refractivity contribution in [1.29, 1.82) is 0 Å². The van der Waals surface area contributed by atoms with Gasteiger partial charge in [-0.05, 0) is 49.9 Å². The first kappa shape index (κ1) is 15.6. The van der Waals surface area contributed by atoms with Crippen molar-refractivity contribution in [1.82, 2.24) is 5.32 Å². The maximum atomic E-state index is 5.74. The molecule has 0 spiro atoms. The second-order valence-corrected chi connectivity index (χ2v) is 5.32. The molecule has 1 unspecified atom stereocenters. The van der Waals surface area contributed by atoms with Crippen LogP contribution in [-0.4, -0.2) is 20.2 Å².